The molecule has 6 heteroatoms. The Morgan fingerprint density at radius 1 is 1.15 bits per heavy atom. The van der Waals surface area contributed by atoms with E-state index in [0.717, 1.165) is 59.4 Å². The lowest BCUT2D eigenvalue weighted by molar-refractivity contribution is 0.174. The molecule has 0 atom stereocenters. The number of thiazole rings is 1. The molecule has 0 fully saturated rings. The molecule has 132 valence electrons. The largest absolute Gasteiger partial charge is 0.454 e. The van der Waals surface area contributed by atoms with E-state index in [1.54, 1.807) is 11.3 Å². The number of anilines is 2. The molecule has 26 heavy (non-hydrogen) atoms. The van der Waals surface area contributed by atoms with Crippen molar-refractivity contribution in [1.29, 1.82) is 0 Å². The minimum Gasteiger partial charge on any atom is -0.454 e. The topological polar surface area (TPSA) is 60.6 Å². The van der Waals surface area contributed by atoms with Gasteiger partial charge in [-0.25, -0.2) is 4.98 Å². The summed E-state index contributed by atoms with van der Waals surface area (Å²) in [6, 6.07) is 12.2. The summed E-state index contributed by atoms with van der Waals surface area (Å²) in [6.45, 7) is 2.13. The van der Waals surface area contributed by atoms with Crippen LogP contribution in [0.1, 0.15) is 17.7 Å². The van der Waals surface area contributed by atoms with Gasteiger partial charge in [-0.3, -0.25) is 0 Å². The van der Waals surface area contributed by atoms with E-state index in [9.17, 15) is 0 Å². The van der Waals surface area contributed by atoms with Crippen molar-refractivity contribution >= 4 is 22.7 Å². The van der Waals surface area contributed by atoms with Crippen molar-refractivity contribution in [3.63, 3.8) is 0 Å². The maximum Gasteiger partial charge on any atom is 0.231 e. The molecule has 1 aromatic heterocycles. The standard InChI is InChI=1S/C20H19N3O2S/c21-16-4-1-5-17-15(16)3-2-8-23(17)10-14-11-26-20(22-14)13-6-7-18-19(9-13)25-12-24-18/h1,4-7,9,11H,2-3,8,10,12,21H2. The monoisotopic (exact) mass is 365 g/mol. The molecule has 0 bridgehead atoms. The molecule has 5 nitrogen and oxygen atoms in total. The van der Waals surface area contributed by atoms with Crippen molar-refractivity contribution in [2.24, 2.45) is 0 Å². The van der Waals surface area contributed by atoms with Gasteiger partial charge >= 0.3 is 0 Å². The van der Waals surface area contributed by atoms with Crippen LogP contribution in [0.3, 0.4) is 0 Å². The fourth-order valence-electron chi connectivity index (χ4n) is 3.63. The molecule has 3 heterocycles. The second kappa shape index (κ2) is 6.21. The highest BCUT2D eigenvalue weighted by Gasteiger charge is 2.20. The third kappa shape index (κ3) is 2.66. The van der Waals surface area contributed by atoms with Crippen molar-refractivity contribution in [2.45, 2.75) is 19.4 Å². The van der Waals surface area contributed by atoms with E-state index in [2.05, 4.69) is 16.3 Å². The van der Waals surface area contributed by atoms with Crippen LogP contribution in [0.25, 0.3) is 10.6 Å². The minimum atomic E-state index is 0.291. The zero-order valence-corrected chi connectivity index (χ0v) is 15.1. The fraction of sp³-hybridized carbons (Fsp3) is 0.250. The fourth-order valence-corrected chi connectivity index (χ4v) is 4.44. The zero-order chi connectivity index (χ0) is 17.5. The Balaban J connectivity index is 1.40. The van der Waals surface area contributed by atoms with Crippen molar-refractivity contribution in [2.75, 3.05) is 24.0 Å². The molecule has 2 aliphatic rings. The third-order valence-corrected chi connectivity index (χ3v) is 5.85. The Morgan fingerprint density at radius 2 is 2.08 bits per heavy atom. The van der Waals surface area contributed by atoms with Gasteiger partial charge in [0.1, 0.15) is 5.01 Å². The summed E-state index contributed by atoms with van der Waals surface area (Å²) in [7, 11) is 0. The summed E-state index contributed by atoms with van der Waals surface area (Å²) in [6.07, 6.45) is 2.18. The average molecular weight is 365 g/mol. The van der Waals surface area contributed by atoms with Crippen LogP contribution in [-0.2, 0) is 13.0 Å². The number of benzene rings is 2. The van der Waals surface area contributed by atoms with Crippen LogP contribution < -0.4 is 20.1 Å². The minimum absolute atomic E-state index is 0.291. The molecule has 0 radical (unpaired) electrons. The first kappa shape index (κ1) is 15.5. The van der Waals surface area contributed by atoms with Crippen LogP contribution in [0.4, 0.5) is 11.4 Å². The summed E-state index contributed by atoms with van der Waals surface area (Å²) in [5.41, 5.74) is 11.7. The number of nitrogen functional groups attached to an aromatic ring is 1. The van der Waals surface area contributed by atoms with Gasteiger partial charge in [0.05, 0.1) is 12.2 Å². The van der Waals surface area contributed by atoms with Gasteiger partial charge in [-0.15, -0.1) is 11.3 Å². The number of rotatable bonds is 3. The van der Waals surface area contributed by atoms with E-state index in [0.29, 0.717) is 6.79 Å². The van der Waals surface area contributed by atoms with Gasteiger partial charge in [0.2, 0.25) is 6.79 Å². The normalized spacial score (nSPS) is 15.2. The van der Waals surface area contributed by atoms with Gasteiger partial charge in [0, 0.05) is 28.9 Å². The summed E-state index contributed by atoms with van der Waals surface area (Å²) in [5, 5.41) is 3.14. The van der Waals surface area contributed by atoms with E-state index in [1.165, 1.54) is 11.3 Å². The predicted octanol–water partition coefficient (Wildman–Crippen LogP) is 4.07. The third-order valence-electron chi connectivity index (χ3n) is 4.91. The van der Waals surface area contributed by atoms with Crippen LogP contribution in [0, 0.1) is 0 Å². The first-order chi connectivity index (χ1) is 12.8. The average Bonchev–Trinajstić information content (AvgIpc) is 3.31. The molecular formula is C20H19N3O2S. The van der Waals surface area contributed by atoms with Gasteiger partial charge in [-0.2, -0.15) is 0 Å². The second-order valence-electron chi connectivity index (χ2n) is 6.58. The molecule has 0 saturated carbocycles. The molecule has 5 rings (SSSR count). The number of fused-ring (bicyclic) bond motifs is 2. The molecule has 0 saturated heterocycles. The van der Waals surface area contributed by atoms with Gasteiger partial charge in [-0.1, -0.05) is 6.07 Å². The maximum absolute atomic E-state index is 6.16. The first-order valence-electron chi connectivity index (χ1n) is 8.75. The van der Waals surface area contributed by atoms with Gasteiger partial charge < -0.3 is 20.1 Å². The van der Waals surface area contributed by atoms with E-state index >= 15 is 0 Å². The molecule has 2 aliphatic heterocycles. The highest BCUT2D eigenvalue weighted by atomic mass is 32.1. The summed E-state index contributed by atoms with van der Waals surface area (Å²) >= 11 is 1.66. The number of hydrogen-bond acceptors (Lipinski definition) is 6. The Labute approximate surface area is 156 Å². The number of nitrogens with two attached hydrogens (primary N) is 1. The van der Waals surface area contributed by atoms with E-state index in [1.807, 2.05) is 30.3 Å². The summed E-state index contributed by atoms with van der Waals surface area (Å²) in [5.74, 6) is 1.59. The second-order valence-corrected chi connectivity index (χ2v) is 7.44. The molecular weight excluding hydrogens is 346 g/mol. The maximum atomic E-state index is 6.16. The van der Waals surface area contributed by atoms with Crippen molar-refractivity contribution in [1.82, 2.24) is 4.98 Å². The van der Waals surface area contributed by atoms with E-state index < -0.39 is 0 Å². The van der Waals surface area contributed by atoms with Crippen LogP contribution in [0.5, 0.6) is 11.5 Å². The molecule has 0 amide bonds. The molecule has 0 aliphatic carbocycles. The van der Waals surface area contributed by atoms with E-state index in [4.69, 9.17) is 20.2 Å². The van der Waals surface area contributed by atoms with Crippen LogP contribution in [0.15, 0.2) is 41.8 Å². The van der Waals surface area contributed by atoms with Crippen LogP contribution in [0.2, 0.25) is 0 Å². The first-order valence-corrected chi connectivity index (χ1v) is 9.62. The number of aromatic nitrogens is 1. The van der Waals surface area contributed by atoms with Crippen molar-refractivity contribution < 1.29 is 9.47 Å². The molecule has 3 aromatic rings. The van der Waals surface area contributed by atoms with Gasteiger partial charge in [0.25, 0.3) is 0 Å². The molecule has 2 N–H and O–H groups in total. The molecule has 2 aromatic carbocycles. The lowest BCUT2D eigenvalue weighted by Crippen LogP contribution is -2.29. The van der Waals surface area contributed by atoms with E-state index in [-0.39, 0.29) is 0 Å². The molecule has 0 spiro atoms. The lowest BCUT2D eigenvalue weighted by Gasteiger charge is -2.31. The lowest BCUT2D eigenvalue weighted by atomic mass is 10.00. The highest BCUT2D eigenvalue weighted by molar-refractivity contribution is 7.13. The molecule has 0 unspecified atom stereocenters. The summed E-state index contributed by atoms with van der Waals surface area (Å²) < 4.78 is 10.9. The quantitative estimate of drug-likeness (QED) is 0.709. The Bertz CT molecular complexity index is 969. The Hall–Kier alpha value is -2.73. The number of nitrogens with zero attached hydrogens (tertiary/aromatic N) is 2. The predicted molar refractivity (Wildman–Crippen MR) is 104 cm³/mol. The highest BCUT2D eigenvalue weighted by Crippen LogP contribution is 2.37. The zero-order valence-electron chi connectivity index (χ0n) is 14.3. The van der Waals surface area contributed by atoms with Crippen LogP contribution >= 0.6 is 11.3 Å². The number of hydrogen-bond donors (Lipinski definition) is 1. The smallest absolute Gasteiger partial charge is 0.231 e. The van der Waals surface area contributed by atoms with Crippen molar-refractivity contribution in [3.8, 4) is 22.1 Å². The van der Waals surface area contributed by atoms with Gasteiger partial charge in [-0.05, 0) is 48.7 Å². The summed E-state index contributed by atoms with van der Waals surface area (Å²) in [4.78, 5) is 7.23. The van der Waals surface area contributed by atoms with Crippen LogP contribution in [-0.4, -0.2) is 18.3 Å². The SMILES string of the molecule is Nc1cccc2c1CCCN2Cc1csc(-c2ccc3c(c2)OCO3)n1. The Kier molecular flexibility index (Phi) is 3.71. The number of ether oxygens (including phenoxy) is 2. The Morgan fingerprint density at radius 3 is 3.04 bits per heavy atom. The van der Waals surface area contributed by atoms with Crippen molar-refractivity contribution in [3.05, 3.63) is 53.0 Å². The van der Waals surface area contributed by atoms with Gasteiger partial charge in [0.15, 0.2) is 11.5 Å².